The molecule has 148 valence electrons. The number of thiophene rings is 1. The van der Waals surface area contributed by atoms with Crippen molar-refractivity contribution in [1.82, 2.24) is 15.2 Å². The van der Waals surface area contributed by atoms with E-state index in [1.54, 1.807) is 11.1 Å². The standard InChI is InChI=1S/C20H24N4O3S/c1-12-19(13-2-4-23(12)5-3-13)22-20(26)15-9-16-14(10-21-15)8-18(28-16)24-6-7-27-11-17(24)25/h8-10,12-13,19H,2-7,11H2,1H3,(H,22,26). The summed E-state index contributed by atoms with van der Waals surface area (Å²) in [4.78, 5) is 33.6. The van der Waals surface area contributed by atoms with Gasteiger partial charge in [0.25, 0.3) is 11.8 Å². The highest BCUT2D eigenvalue weighted by Crippen LogP contribution is 2.34. The number of nitrogens with zero attached hydrogens (tertiary/aromatic N) is 3. The number of anilines is 1. The average Bonchev–Trinajstić information content (AvgIpc) is 3.14. The van der Waals surface area contributed by atoms with E-state index in [0.717, 1.165) is 41.0 Å². The van der Waals surface area contributed by atoms with E-state index in [9.17, 15) is 9.59 Å². The van der Waals surface area contributed by atoms with E-state index in [1.807, 2.05) is 12.1 Å². The van der Waals surface area contributed by atoms with E-state index in [2.05, 4.69) is 22.1 Å². The van der Waals surface area contributed by atoms with Gasteiger partial charge in [-0.3, -0.25) is 24.4 Å². The number of carbonyl (C=O) groups is 2. The third-order valence-electron chi connectivity index (χ3n) is 6.35. The van der Waals surface area contributed by atoms with Gasteiger partial charge in [-0.15, -0.1) is 11.3 Å². The first kappa shape index (κ1) is 18.0. The predicted octanol–water partition coefficient (Wildman–Crippen LogP) is 1.87. The van der Waals surface area contributed by atoms with Crippen LogP contribution in [0.15, 0.2) is 18.3 Å². The Morgan fingerprint density at radius 2 is 2.11 bits per heavy atom. The van der Waals surface area contributed by atoms with Gasteiger partial charge in [0, 0.05) is 28.4 Å². The van der Waals surface area contributed by atoms with Crippen LogP contribution >= 0.6 is 11.3 Å². The van der Waals surface area contributed by atoms with Crippen LogP contribution in [0, 0.1) is 5.92 Å². The zero-order valence-electron chi connectivity index (χ0n) is 15.9. The van der Waals surface area contributed by atoms with Crippen molar-refractivity contribution in [3.05, 3.63) is 24.0 Å². The van der Waals surface area contributed by atoms with Crippen molar-refractivity contribution in [2.24, 2.45) is 5.92 Å². The lowest BCUT2D eigenvalue weighted by Gasteiger charge is -2.49. The van der Waals surface area contributed by atoms with Crippen molar-refractivity contribution in [1.29, 1.82) is 0 Å². The number of pyridine rings is 1. The van der Waals surface area contributed by atoms with Crippen LogP contribution < -0.4 is 10.2 Å². The molecule has 4 fully saturated rings. The predicted molar refractivity (Wildman–Crippen MR) is 108 cm³/mol. The van der Waals surface area contributed by atoms with Crippen molar-refractivity contribution >= 4 is 38.2 Å². The molecule has 7 nitrogen and oxygen atoms in total. The molecule has 2 amide bonds. The molecule has 8 heteroatoms. The molecule has 0 aliphatic carbocycles. The second-order valence-electron chi connectivity index (χ2n) is 7.90. The van der Waals surface area contributed by atoms with E-state index in [-0.39, 0.29) is 24.5 Å². The minimum Gasteiger partial charge on any atom is -0.370 e. The van der Waals surface area contributed by atoms with Gasteiger partial charge in [0.1, 0.15) is 12.3 Å². The first-order valence-corrected chi connectivity index (χ1v) is 10.7. The van der Waals surface area contributed by atoms with Gasteiger partial charge in [-0.25, -0.2) is 0 Å². The number of hydrogen-bond acceptors (Lipinski definition) is 6. The second-order valence-corrected chi connectivity index (χ2v) is 8.97. The summed E-state index contributed by atoms with van der Waals surface area (Å²) < 4.78 is 6.17. The maximum Gasteiger partial charge on any atom is 0.270 e. The van der Waals surface area contributed by atoms with Crippen molar-refractivity contribution in [2.45, 2.75) is 31.8 Å². The Kier molecular flexibility index (Phi) is 4.57. The first-order chi connectivity index (χ1) is 13.6. The van der Waals surface area contributed by atoms with Gasteiger partial charge in [0.05, 0.1) is 18.2 Å². The topological polar surface area (TPSA) is 74.8 Å². The van der Waals surface area contributed by atoms with Gasteiger partial charge in [0.2, 0.25) is 0 Å². The summed E-state index contributed by atoms with van der Waals surface area (Å²) in [6.45, 7) is 5.71. The van der Waals surface area contributed by atoms with Gasteiger partial charge < -0.3 is 10.1 Å². The summed E-state index contributed by atoms with van der Waals surface area (Å²) in [5, 5.41) is 5.07. The van der Waals surface area contributed by atoms with E-state index in [1.165, 1.54) is 11.3 Å². The summed E-state index contributed by atoms with van der Waals surface area (Å²) in [5.74, 6) is 0.429. The number of carbonyl (C=O) groups excluding carboxylic acids is 2. The van der Waals surface area contributed by atoms with Crippen LogP contribution in [0.3, 0.4) is 0 Å². The zero-order valence-corrected chi connectivity index (χ0v) is 16.7. The molecule has 4 aliphatic heterocycles. The molecule has 1 N–H and O–H groups in total. The normalized spacial score (nSPS) is 30.0. The largest absolute Gasteiger partial charge is 0.370 e. The van der Waals surface area contributed by atoms with E-state index in [0.29, 0.717) is 30.8 Å². The van der Waals surface area contributed by atoms with Crippen molar-refractivity contribution in [3.8, 4) is 0 Å². The van der Waals surface area contributed by atoms with Crippen LogP contribution in [0.1, 0.15) is 30.3 Å². The van der Waals surface area contributed by atoms with Crippen molar-refractivity contribution in [3.63, 3.8) is 0 Å². The second kappa shape index (κ2) is 7.09. The van der Waals surface area contributed by atoms with E-state index >= 15 is 0 Å². The SMILES string of the molecule is CC1C(NC(=O)c2cc3sc(N4CCOCC4=O)cc3cn2)C2CCN1CC2. The highest BCUT2D eigenvalue weighted by Gasteiger charge is 2.40. The Labute approximate surface area is 167 Å². The third kappa shape index (κ3) is 3.09. The van der Waals surface area contributed by atoms with Crippen LogP contribution in [0.4, 0.5) is 5.00 Å². The fraction of sp³-hybridized carbons (Fsp3) is 0.550. The number of piperidine rings is 3. The van der Waals surface area contributed by atoms with Gasteiger partial charge >= 0.3 is 0 Å². The summed E-state index contributed by atoms with van der Waals surface area (Å²) in [6.07, 6.45) is 4.04. The summed E-state index contributed by atoms with van der Waals surface area (Å²) >= 11 is 1.52. The van der Waals surface area contributed by atoms with Crippen LogP contribution in [0.2, 0.25) is 0 Å². The van der Waals surface area contributed by atoms with Crippen LogP contribution in [0.5, 0.6) is 0 Å². The molecule has 2 aromatic rings. The lowest BCUT2D eigenvalue weighted by atomic mass is 9.79. The van der Waals surface area contributed by atoms with Crippen LogP contribution in [-0.2, 0) is 9.53 Å². The quantitative estimate of drug-likeness (QED) is 0.851. The molecule has 6 rings (SSSR count). The summed E-state index contributed by atoms with van der Waals surface area (Å²) in [5.41, 5.74) is 0.442. The molecule has 4 aliphatic rings. The maximum absolute atomic E-state index is 12.9. The van der Waals surface area contributed by atoms with E-state index in [4.69, 9.17) is 4.74 Å². The Morgan fingerprint density at radius 3 is 2.86 bits per heavy atom. The van der Waals surface area contributed by atoms with Crippen molar-refractivity contribution < 1.29 is 14.3 Å². The summed E-state index contributed by atoms with van der Waals surface area (Å²) in [6, 6.07) is 4.38. The van der Waals surface area contributed by atoms with E-state index < -0.39 is 0 Å². The zero-order chi connectivity index (χ0) is 19.3. The van der Waals surface area contributed by atoms with Gasteiger partial charge in [0.15, 0.2) is 0 Å². The fourth-order valence-electron chi connectivity index (χ4n) is 4.70. The smallest absolute Gasteiger partial charge is 0.270 e. The number of hydrogen-bond donors (Lipinski definition) is 1. The number of aromatic nitrogens is 1. The number of morpholine rings is 1. The van der Waals surface area contributed by atoms with Gasteiger partial charge in [-0.1, -0.05) is 0 Å². The Bertz CT molecular complexity index is 919. The Morgan fingerprint density at radius 1 is 1.29 bits per heavy atom. The maximum atomic E-state index is 12.9. The highest BCUT2D eigenvalue weighted by molar-refractivity contribution is 7.23. The molecular weight excluding hydrogens is 376 g/mol. The minimum absolute atomic E-state index is 0.0277. The molecule has 2 bridgehead atoms. The monoisotopic (exact) mass is 400 g/mol. The Balaban J connectivity index is 1.36. The minimum atomic E-state index is -0.107. The molecule has 0 saturated carbocycles. The third-order valence-corrected chi connectivity index (χ3v) is 7.47. The molecule has 28 heavy (non-hydrogen) atoms. The molecule has 2 atom stereocenters. The average molecular weight is 401 g/mol. The van der Waals surface area contributed by atoms with Crippen LogP contribution in [0.25, 0.3) is 10.1 Å². The molecule has 0 aromatic carbocycles. The van der Waals surface area contributed by atoms with Crippen LogP contribution in [-0.4, -0.2) is 66.6 Å². The number of fused-ring (bicyclic) bond motifs is 4. The van der Waals surface area contributed by atoms with Gasteiger partial charge in [-0.2, -0.15) is 0 Å². The Hall–Kier alpha value is -2.03. The molecule has 2 unspecified atom stereocenters. The molecule has 0 radical (unpaired) electrons. The first-order valence-electron chi connectivity index (χ1n) is 9.93. The molecule has 0 spiro atoms. The van der Waals surface area contributed by atoms with Gasteiger partial charge in [-0.05, 0) is 50.9 Å². The summed E-state index contributed by atoms with van der Waals surface area (Å²) in [7, 11) is 0. The fourth-order valence-corrected chi connectivity index (χ4v) is 5.81. The number of rotatable bonds is 3. The highest BCUT2D eigenvalue weighted by atomic mass is 32.1. The number of nitrogens with one attached hydrogen (secondary N) is 1. The molecule has 6 heterocycles. The lowest BCUT2D eigenvalue weighted by molar-refractivity contribution is -0.125. The molecule has 4 saturated heterocycles. The lowest BCUT2D eigenvalue weighted by Crippen LogP contribution is -2.62. The number of amides is 2. The molecular formula is C20H24N4O3S. The van der Waals surface area contributed by atoms with Crippen molar-refractivity contribution in [2.75, 3.05) is 37.7 Å². The number of ether oxygens (including phenoxy) is 1. The molecule has 2 aromatic heterocycles.